The number of halogens is 3. The molecule has 0 saturated heterocycles. The lowest BCUT2D eigenvalue weighted by Gasteiger charge is -2.20. The molecule has 0 fully saturated rings. The first-order valence-electron chi connectivity index (χ1n) is 8.15. The van der Waals surface area contributed by atoms with Crippen LogP contribution in [-0.4, -0.2) is 4.57 Å². The third-order valence-corrected chi connectivity index (χ3v) is 4.51. The molecule has 0 unspecified atom stereocenters. The van der Waals surface area contributed by atoms with Gasteiger partial charge in [0.05, 0.1) is 5.56 Å². The van der Waals surface area contributed by atoms with Crippen molar-refractivity contribution in [3.05, 3.63) is 47.5 Å². The van der Waals surface area contributed by atoms with E-state index >= 15 is 0 Å². The van der Waals surface area contributed by atoms with Gasteiger partial charge in [0.15, 0.2) is 0 Å². The topological polar surface area (TPSA) is 4.93 Å². The highest BCUT2D eigenvalue weighted by atomic mass is 19.4. The zero-order chi connectivity index (χ0) is 17.9. The van der Waals surface area contributed by atoms with Gasteiger partial charge in [-0.15, -0.1) is 0 Å². The number of hydrogen-bond donors (Lipinski definition) is 0. The smallest absolute Gasteiger partial charge is 0.338 e. The van der Waals surface area contributed by atoms with Crippen molar-refractivity contribution in [1.29, 1.82) is 0 Å². The fraction of sp³-hybridized carbons (Fsp3) is 0.400. The van der Waals surface area contributed by atoms with Gasteiger partial charge in [-0.2, -0.15) is 13.2 Å². The molecule has 0 aliphatic carbocycles. The Bertz CT molecular complexity index is 837. The Morgan fingerprint density at radius 1 is 0.792 bits per heavy atom. The number of fused-ring (bicyclic) bond motifs is 3. The summed E-state index contributed by atoms with van der Waals surface area (Å²) in [6, 6.07) is 10.3. The van der Waals surface area contributed by atoms with Gasteiger partial charge < -0.3 is 4.57 Å². The summed E-state index contributed by atoms with van der Waals surface area (Å²) >= 11 is 0. The minimum atomic E-state index is -4.33. The molecular weight excluding hydrogens is 311 g/mol. The van der Waals surface area contributed by atoms with Crippen LogP contribution in [0.2, 0.25) is 0 Å². The minimum absolute atomic E-state index is 0.0103. The average Bonchev–Trinajstić information content (AvgIpc) is 2.78. The summed E-state index contributed by atoms with van der Waals surface area (Å²) in [5, 5.41) is 1.87. The van der Waals surface area contributed by atoms with Gasteiger partial charge in [-0.3, -0.25) is 0 Å². The van der Waals surface area contributed by atoms with Crippen molar-refractivity contribution in [2.45, 2.75) is 52.3 Å². The Morgan fingerprint density at radius 2 is 1.25 bits per heavy atom. The molecule has 3 rings (SSSR count). The van der Waals surface area contributed by atoms with Crippen LogP contribution in [0.5, 0.6) is 0 Å². The highest BCUT2D eigenvalue weighted by Gasteiger charge is 2.31. The number of rotatable bonds is 1. The fourth-order valence-electron chi connectivity index (χ4n) is 3.25. The van der Waals surface area contributed by atoms with E-state index in [9.17, 15) is 13.2 Å². The molecule has 3 aromatic rings. The molecule has 0 N–H and O–H groups in total. The van der Waals surface area contributed by atoms with E-state index in [1.54, 1.807) is 6.07 Å². The fourth-order valence-corrected chi connectivity index (χ4v) is 3.25. The van der Waals surface area contributed by atoms with Gasteiger partial charge in [-0.05, 0) is 43.0 Å². The van der Waals surface area contributed by atoms with Crippen molar-refractivity contribution in [2.75, 3.05) is 0 Å². The van der Waals surface area contributed by atoms with E-state index in [-0.39, 0.29) is 11.5 Å². The van der Waals surface area contributed by atoms with E-state index in [1.165, 1.54) is 17.7 Å². The lowest BCUT2D eigenvalue weighted by molar-refractivity contribution is -0.137. The largest absolute Gasteiger partial charge is 0.416 e. The zero-order valence-corrected chi connectivity index (χ0v) is 14.6. The summed E-state index contributed by atoms with van der Waals surface area (Å²) in [5.74, 6) is 0. The highest BCUT2D eigenvalue weighted by molar-refractivity contribution is 6.08. The van der Waals surface area contributed by atoms with Crippen LogP contribution in [-0.2, 0) is 11.6 Å². The van der Waals surface area contributed by atoms with E-state index in [0.29, 0.717) is 5.52 Å². The predicted molar refractivity (Wildman–Crippen MR) is 93.5 cm³/mol. The molecule has 128 valence electrons. The molecule has 1 heterocycles. The van der Waals surface area contributed by atoms with Crippen LogP contribution in [0.4, 0.5) is 13.2 Å². The monoisotopic (exact) mass is 333 g/mol. The molecule has 0 radical (unpaired) electrons. The maximum Gasteiger partial charge on any atom is 0.416 e. The summed E-state index contributed by atoms with van der Waals surface area (Å²) in [5.41, 5.74) is 2.20. The third-order valence-electron chi connectivity index (χ3n) is 4.51. The summed E-state index contributed by atoms with van der Waals surface area (Å²) < 4.78 is 41.4. The molecule has 1 nitrogen and oxygen atoms in total. The van der Waals surface area contributed by atoms with Crippen molar-refractivity contribution in [3.63, 3.8) is 0 Å². The van der Waals surface area contributed by atoms with Gasteiger partial charge in [0, 0.05) is 27.8 Å². The first-order valence-corrected chi connectivity index (χ1v) is 8.15. The van der Waals surface area contributed by atoms with E-state index in [2.05, 4.69) is 32.9 Å². The SMILES string of the molecule is CC(C)n1c2cc(C(C)(C)C)ccc2c2ccc(C(F)(F)F)cc21. The molecule has 1 aromatic heterocycles. The molecule has 0 amide bonds. The molecule has 0 aliphatic rings. The standard InChI is InChI=1S/C20H22F3N/c1-12(2)24-17-10-13(19(3,4)5)6-8-15(17)16-9-7-14(11-18(16)24)20(21,22)23/h6-12H,1-5H3. The van der Waals surface area contributed by atoms with Crippen LogP contribution in [0, 0.1) is 0 Å². The Kier molecular flexibility index (Phi) is 3.70. The number of aromatic nitrogens is 1. The molecule has 0 aliphatic heterocycles. The molecule has 2 aromatic carbocycles. The second-order valence-electron chi connectivity index (χ2n) is 7.68. The van der Waals surface area contributed by atoms with Crippen molar-refractivity contribution in [3.8, 4) is 0 Å². The summed E-state index contributed by atoms with van der Waals surface area (Å²) in [6.45, 7) is 10.4. The predicted octanol–water partition coefficient (Wildman–Crippen LogP) is 6.69. The van der Waals surface area contributed by atoms with Gasteiger partial charge in [-0.25, -0.2) is 0 Å². The summed E-state index contributed by atoms with van der Waals surface area (Å²) in [6.07, 6.45) is -4.33. The third kappa shape index (κ3) is 2.68. The molecule has 4 heteroatoms. The number of hydrogen-bond acceptors (Lipinski definition) is 0. The van der Waals surface area contributed by atoms with Gasteiger partial charge in [0.1, 0.15) is 0 Å². The lowest BCUT2D eigenvalue weighted by Crippen LogP contribution is -2.11. The Morgan fingerprint density at radius 3 is 1.67 bits per heavy atom. The van der Waals surface area contributed by atoms with E-state index in [4.69, 9.17) is 0 Å². The van der Waals surface area contributed by atoms with Gasteiger partial charge >= 0.3 is 6.18 Å². The van der Waals surface area contributed by atoms with Crippen molar-refractivity contribution < 1.29 is 13.2 Å². The molecule has 0 atom stereocenters. The molecule has 0 spiro atoms. The average molecular weight is 333 g/mol. The number of alkyl halides is 3. The van der Waals surface area contributed by atoms with E-state index in [0.717, 1.165) is 16.3 Å². The normalized spacial score (nSPS) is 13.4. The van der Waals surface area contributed by atoms with E-state index in [1.807, 2.05) is 24.5 Å². The van der Waals surface area contributed by atoms with E-state index < -0.39 is 11.7 Å². The first kappa shape index (κ1) is 16.9. The van der Waals surface area contributed by atoms with Crippen LogP contribution < -0.4 is 0 Å². The molecular formula is C20H22F3N. The summed E-state index contributed by atoms with van der Waals surface area (Å²) in [4.78, 5) is 0. The second kappa shape index (κ2) is 5.27. The highest BCUT2D eigenvalue weighted by Crippen LogP contribution is 2.38. The number of benzene rings is 2. The molecule has 0 saturated carbocycles. The molecule has 0 bridgehead atoms. The maximum absolute atomic E-state index is 13.1. The van der Waals surface area contributed by atoms with Crippen molar-refractivity contribution in [2.24, 2.45) is 0 Å². The van der Waals surface area contributed by atoms with Gasteiger partial charge in [0.2, 0.25) is 0 Å². The van der Waals surface area contributed by atoms with Crippen LogP contribution in [0.1, 0.15) is 51.8 Å². The zero-order valence-electron chi connectivity index (χ0n) is 14.6. The van der Waals surface area contributed by atoms with Crippen LogP contribution >= 0.6 is 0 Å². The quantitative estimate of drug-likeness (QED) is 0.467. The van der Waals surface area contributed by atoms with Crippen LogP contribution in [0.25, 0.3) is 21.8 Å². The Balaban J connectivity index is 2.41. The maximum atomic E-state index is 13.1. The van der Waals surface area contributed by atoms with Crippen LogP contribution in [0.3, 0.4) is 0 Å². The van der Waals surface area contributed by atoms with Crippen molar-refractivity contribution in [1.82, 2.24) is 4.57 Å². The minimum Gasteiger partial charge on any atom is -0.338 e. The second-order valence-corrected chi connectivity index (χ2v) is 7.68. The van der Waals surface area contributed by atoms with Crippen molar-refractivity contribution >= 4 is 21.8 Å². The Hall–Kier alpha value is -1.97. The number of nitrogens with zero attached hydrogens (tertiary/aromatic N) is 1. The molecule has 24 heavy (non-hydrogen) atoms. The van der Waals surface area contributed by atoms with Gasteiger partial charge in [-0.1, -0.05) is 39.0 Å². The van der Waals surface area contributed by atoms with Crippen LogP contribution in [0.15, 0.2) is 36.4 Å². The first-order chi connectivity index (χ1) is 11.0. The Labute approximate surface area is 140 Å². The summed E-state index contributed by atoms with van der Waals surface area (Å²) in [7, 11) is 0. The lowest BCUT2D eigenvalue weighted by atomic mass is 9.86. The van der Waals surface area contributed by atoms with Gasteiger partial charge in [0.25, 0.3) is 0 Å².